The van der Waals surface area contributed by atoms with Gasteiger partial charge in [0.05, 0.1) is 0 Å². The molecule has 0 aromatic heterocycles. The monoisotopic (exact) mass is 221 g/mol. The molecule has 0 fully saturated rings. The van der Waals surface area contributed by atoms with Crippen molar-refractivity contribution in [3.05, 3.63) is 23.8 Å². The van der Waals surface area contributed by atoms with Gasteiger partial charge in [0, 0.05) is 38.4 Å². The summed E-state index contributed by atoms with van der Waals surface area (Å²) >= 11 is 0. The van der Waals surface area contributed by atoms with E-state index in [1.165, 1.54) is 0 Å². The van der Waals surface area contributed by atoms with Crippen molar-refractivity contribution < 1.29 is 4.79 Å². The number of carbonyl (C=O) groups excluding carboxylic acids is 1. The Morgan fingerprint density at radius 3 is 2.69 bits per heavy atom. The molecule has 16 heavy (non-hydrogen) atoms. The lowest BCUT2D eigenvalue weighted by Crippen LogP contribution is -2.23. The second kappa shape index (κ2) is 5.39. The van der Waals surface area contributed by atoms with Crippen LogP contribution in [0.5, 0.6) is 0 Å². The van der Waals surface area contributed by atoms with Crippen molar-refractivity contribution in [2.24, 2.45) is 0 Å². The van der Waals surface area contributed by atoms with Gasteiger partial charge in [-0.05, 0) is 30.7 Å². The molecule has 0 saturated heterocycles. The molecule has 0 aliphatic heterocycles. The maximum atomic E-state index is 11.3. The van der Waals surface area contributed by atoms with Crippen LogP contribution in [0.4, 0.5) is 11.4 Å². The molecule has 4 nitrogen and oxygen atoms in total. The number of nitrogens with zero attached hydrogens (tertiary/aromatic N) is 1. The van der Waals surface area contributed by atoms with Crippen LogP contribution in [-0.4, -0.2) is 31.4 Å². The fourth-order valence-corrected chi connectivity index (χ4v) is 1.32. The van der Waals surface area contributed by atoms with Crippen LogP contribution < -0.4 is 11.1 Å². The summed E-state index contributed by atoms with van der Waals surface area (Å²) in [7, 11) is 3.52. The highest BCUT2D eigenvalue weighted by Gasteiger charge is 2.03. The number of amides is 1. The number of aryl methyl sites for hydroxylation is 1. The van der Waals surface area contributed by atoms with Crippen LogP contribution in [-0.2, 0) is 4.79 Å². The maximum absolute atomic E-state index is 11.3. The number of nitrogens with two attached hydrogens (primary N) is 1. The van der Waals surface area contributed by atoms with Gasteiger partial charge in [-0.25, -0.2) is 0 Å². The number of nitrogen functional groups attached to an aromatic ring is 1. The number of anilines is 2. The van der Waals surface area contributed by atoms with Crippen LogP contribution in [0.15, 0.2) is 18.2 Å². The fraction of sp³-hybridized carbons (Fsp3) is 0.417. The van der Waals surface area contributed by atoms with E-state index in [1.807, 2.05) is 25.1 Å². The molecular formula is C12H19N3O. The van der Waals surface area contributed by atoms with E-state index in [9.17, 15) is 4.79 Å². The zero-order valence-corrected chi connectivity index (χ0v) is 10.1. The van der Waals surface area contributed by atoms with Gasteiger partial charge in [-0.2, -0.15) is 0 Å². The van der Waals surface area contributed by atoms with Gasteiger partial charge >= 0.3 is 0 Å². The third kappa shape index (κ3) is 3.46. The predicted molar refractivity (Wildman–Crippen MR) is 67.4 cm³/mol. The molecule has 4 heteroatoms. The van der Waals surface area contributed by atoms with Crippen LogP contribution in [0.1, 0.15) is 12.0 Å². The molecule has 1 aromatic carbocycles. The first-order valence-corrected chi connectivity index (χ1v) is 5.31. The van der Waals surface area contributed by atoms with Gasteiger partial charge in [-0.3, -0.25) is 4.79 Å². The molecule has 1 amide bonds. The van der Waals surface area contributed by atoms with E-state index in [4.69, 9.17) is 5.73 Å². The number of benzene rings is 1. The van der Waals surface area contributed by atoms with Crippen molar-refractivity contribution >= 4 is 17.3 Å². The summed E-state index contributed by atoms with van der Waals surface area (Å²) < 4.78 is 0. The van der Waals surface area contributed by atoms with Gasteiger partial charge < -0.3 is 16.0 Å². The third-order valence-electron chi connectivity index (χ3n) is 2.44. The number of hydrogen-bond donors (Lipinski definition) is 2. The normalized spacial score (nSPS) is 9.94. The number of rotatable bonds is 4. The minimum atomic E-state index is 0.125. The smallest absolute Gasteiger partial charge is 0.223 e. The number of hydrogen-bond acceptors (Lipinski definition) is 3. The summed E-state index contributed by atoms with van der Waals surface area (Å²) in [6.07, 6.45) is 0.496. The zero-order valence-electron chi connectivity index (χ0n) is 10.1. The van der Waals surface area contributed by atoms with Gasteiger partial charge in [-0.15, -0.1) is 0 Å². The van der Waals surface area contributed by atoms with Crippen LogP contribution in [0.25, 0.3) is 0 Å². The number of nitrogens with one attached hydrogen (secondary N) is 1. The zero-order chi connectivity index (χ0) is 12.1. The molecule has 0 radical (unpaired) electrons. The summed E-state index contributed by atoms with van der Waals surface area (Å²) in [5.74, 6) is 0.125. The Kier molecular flexibility index (Phi) is 4.17. The quantitative estimate of drug-likeness (QED) is 0.757. The Bertz CT molecular complexity index is 375. The Morgan fingerprint density at radius 2 is 2.12 bits per heavy atom. The predicted octanol–water partition coefficient (Wildman–Crippen LogP) is 1.47. The van der Waals surface area contributed by atoms with Crippen LogP contribution in [0.3, 0.4) is 0 Å². The standard InChI is InChI=1S/C12H19N3O/c1-9-8-10(4-5-11(9)13)14-7-6-12(16)15(2)3/h4-5,8,14H,6-7,13H2,1-3H3. The Hall–Kier alpha value is -1.71. The topological polar surface area (TPSA) is 58.4 Å². The third-order valence-corrected chi connectivity index (χ3v) is 2.44. The second-order valence-electron chi connectivity index (χ2n) is 4.04. The van der Waals surface area contributed by atoms with Crippen molar-refractivity contribution in [2.45, 2.75) is 13.3 Å². The molecule has 1 aromatic rings. The first kappa shape index (κ1) is 12.4. The SMILES string of the molecule is Cc1cc(NCCC(=O)N(C)C)ccc1N. The van der Waals surface area contributed by atoms with Crippen molar-refractivity contribution in [1.29, 1.82) is 0 Å². The average Bonchev–Trinajstić information content (AvgIpc) is 2.23. The molecule has 3 N–H and O–H groups in total. The molecular weight excluding hydrogens is 202 g/mol. The molecule has 0 aliphatic rings. The average molecular weight is 221 g/mol. The van der Waals surface area contributed by atoms with Gasteiger partial charge in [-0.1, -0.05) is 0 Å². The van der Waals surface area contributed by atoms with Gasteiger partial charge in [0.15, 0.2) is 0 Å². The summed E-state index contributed by atoms with van der Waals surface area (Å²) in [5.41, 5.74) is 8.55. The van der Waals surface area contributed by atoms with E-state index in [2.05, 4.69) is 5.32 Å². The summed E-state index contributed by atoms with van der Waals surface area (Å²) in [5, 5.41) is 3.20. The summed E-state index contributed by atoms with van der Waals surface area (Å²) in [4.78, 5) is 12.9. The lowest BCUT2D eigenvalue weighted by molar-refractivity contribution is -0.128. The van der Waals surface area contributed by atoms with E-state index in [0.29, 0.717) is 13.0 Å². The highest BCUT2D eigenvalue weighted by Crippen LogP contribution is 2.16. The minimum absolute atomic E-state index is 0.125. The highest BCUT2D eigenvalue weighted by molar-refractivity contribution is 5.76. The minimum Gasteiger partial charge on any atom is -0.399 e. The fourth-order valence-electron chi connectivity index (χ4n) is 1.32. The van der Waals surface area contributed by atoms with Crippen LogP contribution in [0.2, 0.25) is 0 Å². The van der Waals surface area contributed by atoms with E-state index in [1.54, 1.807) is 19.0 Å². The largest absolute Gasteiger partial charge is 0.399 e. The van der Waals surface area contributed by atoms with E-state index < -0.39 is 0 Å². The lowest BCUT2D eigenvalue weighted by Gasteiger charge is -2.11. The molecule has 0 saturated carbocycles. The molecule has 0 bridgehead atoms. The molecule has 0 heterocycles. The molecule has 0 aliphatic carbocycles. The van der Waals surface area contributed by atoms with Crippen molar-refractivity contribution in [3.8, 4) is 0 Å². The molecule has 88 valence electrons. The molecule has 0 atom stereocenters. The number of carbonyl (C=O) groups is 1. The summed E-state index contributed by atoms with van der Waals surface area (Å²) in [6.45, 7) is 2.60. The van der Waals surface area contributed by atoms with Crippen molar-refractivity contribution in [2.75, 3.05) is 31.7 Å². The van der Waals surface area contributed by atoms with Crippen molar-refractivity contribution in [3.63, 3.8) is 0 Å². The molecule has 0 unspecified atom stereocenters. The van der Waals surface area contributed by atoms with Gasteiger partial charge in [0.2, 0.25) is 5.91 Å². The van der Waals surface area contributed by atoms with E-state index in [-0.39, 0.29) is 5.91 Å². The first-order chi connectivity index (χ1) is 7.50. The molecule has 1 rings (SSSR count). The van der Waals surface area contributed by atoms with E-state index >= 15 is 0 Å². The highest BCUT2D eigenvalue weighted by atomic mass is 16.2. The Morgan fingerprint density at radius 1 is 1.44 bits per heavy atom. The summed E-state index contributed by atoms with van der Waals surface area (Å²) in [6, 6.07) is 5.77. The van der Waals surface area contributed by atoms with Crippen molar-refractivity contribution in [1.82, 2.24) is 4.90 Å². The first-order valence-electron chi connectivity index (χ1n) is 5.31. The van der Waals surface area contributed by atoms with Crippen LogP contribution >= 0.6 is 0 Å². The molecule has 0 spiro atoms. The Labute approximate surface area is 96.4 Å². The van der Waals surface area contributed by atoms with E-state index in [0.717, 1.165) is 16.9 Å². The Balaban J connectivity index is 2.43. The van der Waals surface area contributed by atoms with Crippen LogP contribution in [0, 0.1) is 6.92 Å². The lowest BCUT2D eigenvalue weighted by atomic mass is 10.2. The van der Waals surface area contributed by atoms with Gasteiger partial charge in [0.1, 0.15) is 0 Å². The second-order valence-corrected chi connectivity index (χ2v) is 4.04. The maximum Gasteiger partial charge on any atom is 0.223 e. The van der Waals surface area contributed by atoms with Gasteiger partial charge in [0.25, 0.3) is 0 Å².